The Bertz CT molecular complexity index is 1080. The van der Waals surface area contributed by atoms with Crippen molar-refractivity contribution in [3.05, 3.63) is 66.4 Å². The second-order valence-electron chi connectivity index (χ2n) is 7.96. The van der Waals surface area contributed by atoms with E-state index in [9.17, 15) is 4.79 Å². The van der Waals surface area contributed by atoms with Gasteiger partial charge in [0.1, 0.15) is 12.0 Å². The Morgan fingerprint density at radius 1 is 1.17 bits per heavy atom. The normalized spacial score (nSPS) is 16.8. The van der Waals surface area contributed by atoms with E-state index in [4.69, 9.17) is 4.98 Å². The van der Waals surface area contributed by atoms with Crippen molar-refractivity contribution in [3.8, 4) is 11.3 Å². The smallest absolute Gasteiger partial charge is 0.330 e. The highest BCUT2D eigenvalue weighted by atomic mass is 16.2. The Balaban J connectivity index is 1.47. The van der Waals surface area contributed by atoms with E-state index in [2.05, 4.69) is 64.5 Å². The highest BCUT2D eigenvalue weighted by molar-refractivity contribution is 6.06. The predicted molar refractivity (Wildman–Crippen MR) is 119 cm³/mol. The second kappa shape index (κ2) is 7.42. The highest BCUT2D eigenvalue weighted by Crippen LogP contribution is 2.45. The molecule has 0 radical (unpaired) electrons. The van der Waals surface area contributed by atoms with Crippen LogP contribution in [-0.4, -0.2) is 47.7 Å². The van der Waals surface area contributed by atoms with Crippen molar-refractivity contribution in [1.29, 1.82) is 0 Å². The third-order valence-electron chi connectivity index (χ3n) is 5.52. The van der Waals surface area contributed by atoms with Gasteiger partial charge in [-0.25, -0.2) is 14.8 Å². The second-order valence-corrected chi connectivity index (χ2v) is 7.96. The molecule has 30 heavy (non-hydrogen) atoms. The van der Waals surface area contributed by atoms with Gasteiger partial charge in [-0.2, -0.15) is 0 Å². The van der Waals surface area contributed by atoms with Crippen LogP contribution in [0, 0.1) is 0 Å². The molecular formula is C23H24N6O. The number of benzene rings is 1. The first-order chi connectivity index (χ1) is 14.6. The summed E-state index contributed by atoms with van der Waals surface area (Å²) in [5.41, 5.74) is 4.16. The number of urea groups is 1. The van der Waals surface area contributed by atoms with Gasteiger partial charge in [0.05, 0.1) is 11.4 Å². The van der Waals surface area contributed by atoms with Crippen LogP contribution in [-0.2, 0) is 6.54 Å². The lowest BCUT2D eigenvalue weighted by Gasteiger charge is -2.39. The first-order valence-corrected chi connectivity index (χ1v) is 10.1. The number of nitrogens with zero attached hydrogens (tertiary/aromatic N) is 5. The average molecular weight is 400 g/mol. The zero-order chi connectivity index (χ0) is 20.7. The van der Waals surface area contributed by atoms with E-state index in [-0.39, 0.29) is 12.2 Å². The largest absolute Gasteiger partial charge is 0.347 e. The van der Waals surface area contributed by atoms with Gasteiger partial charge in [-0.15, -0.1) is 0 Å². The molecule has 7 nitrogen and oxygen atoms in total. The molecule has 152 valence electrons. The lowest BCUT2D eigenvalue weighted by atomic mass is 10.1. The summed E-state index contributed by atoms with van der Waals surface area (Å²) in [6.45, 7) is 1.80. The summed E-state index contributed by atoms with van der Waals surface area (Å²) in [6, 6.07) is 17.8. The fourth-order valence-corrected chi connectivity index (χ4v) is 4.10. The average Bonchev–Trinajstić information content (AvgIpc) is 2.94. The Hall–Kier alpha value is -3.45. The molecule has 1 saturated heterocycles. The van der Waals surface area contributed by atoms with E-state index < -0.39 is 0 Å². The molecule has 0 aliphatic carbocycles. The van der Waals surface area contributed by atoms with Gasteiger partial charge in [0, 0.05) is 31.3 Å². The minimum Gasteiger partial charge on any atom is -0.347 e. The molecule has 0 saturated carbocycles. The minimum absolute atomic E-state index is 0.0199. The van der Waals surface area contributed by atoms with Gasteiger partial charge in [0.2, 0.25) is 0 Å². The molecule has 1 aromatic carbocycles. The van der Waals surface area contributed by atoms with Gasteiger partial charge >= 0.3 is 6.03 Å². The van der Waals surface area contributed by atoms with Crippen LogP contribution in [0.5, 0.6) is 0 Å². The molecule has 5 rings (SSSR count). The molecule has 0 spiro atoms. The molecular weight excluding hydrogens is 376 g/mol. The number of carbonyl (C=O) groups is 1. The SMILES string of the molecule is CN(C)Cc1cccc(-c2ccc3c(n2)N(C(=O)Nc2ccccn2)C2CCN32)c1. The van der Waals surface area contributed by atoms with Crippen LogP contribution < -0.4 is 15.1 Å². The van der Waals surface area contributed by atoms with Crippen LogP contribution in [0.15, 0.2) is 60.8 Å². The molecule has 1 atom stereocenters. The number of amides is 2. The van der Waals surface area contributed by atoms with E-state index in [1.165, 1.54) is 5.56 Å². The molecule has 1 unspecified atom stereocenters. The summed E-state index contributed by atoms with van der Waals surface area (Å²) >= 11 is 0. The third-order valence-corrected chi connectivity index (χ3v) is 5.52. The van der Waals surface area contributed by atoms with Crippen LogP contribution in [0.4, 0.5) is 22.1 Å². The van der Waals surface area contributed by atoms with Crippen molar-refractivity contribution in [2.75, 3.05) is 35.8 Å². The zero-order valence-corrected chi connectivity index (χ0v) is 17.1. The van der Waals surface area contributed by atoms with Gasteiger partial charge in [-0.1, -0.05) is 24.3 Å². The molecule has 4 heterocycles. The molecule has 2 aromatic heterocycles. The van der Waals surface area contributed by atoms with Gasteiger partial charge in [0.25, 0.3) is 0 Å². The van der Waals surface area contributed by atoms with Gasteiger partial charge < -0.3 is 9.80 Å². The van der Waals surface area contributed by atoms with Crippen LogP contribution in [0.3, 0.4) is 0 Å². The van der Waals surface area contributed by atoms with Crippen LogP contribution in [0.2, 0.25) is 0 Å². The number of fused-ring (bicyclic) bond motifs is 3. The first-order valence-electron chi connectivity index (χ1n) is 10.1. The van der Waals surface area contributed by atoms with Crippen LogP contribution in [0.25, 0.3) is 11.3 Å². The third kappa shape index (κ3) is 3.27. The monoisotopic (exact) mass is 400 g/mol. The van der Waals surface area contributed by atoms with E-state index in [0.29, 0.717) is 11.6 Å². The number of hydrogen-bond acceptors (Lipinski definition) is 5. The summed E-state index contributed by atoms with van der Waals surface area (Å²) in [7, 11) is 4.12. The number of hydrogen-bond donors (Lipinski definition) is 1. The van der Waals surface area contributed by atoms with Crippen molar-refractivity contribution in [3.63, 3.8) is 0 Å². The maximum atomic E-state index is 13.1. The number of rotatable bonds is 4. The van der Waals surface area contributed by atoms with Gasteiger partial charge in [-0.3, -0.25) is 10.2 Å². The Kier molecular flexibility index (Phi) is 4.59. The number of pyridine rings is 2. The topological polar surface area (TPSA) is 64.6 Å². The minimum atomic E-state index is -0.201. The molecule has 7 heteroatoms. The maximum absolute atomic E-state index is 13.1. The summed E-state index contributed by atoms with van der Waals surface area (Å²) in [5, 5.41) is 2.90. The van der Waals surface area contributed by atoms with Crippen molar-refractivity contribution in [2.24, 2.45) is 0 Å². The zero-order valence-electron chi connectivity index (χ0n) is 17.1. The van der Waals surface area contributed by atoms with E-state index in [1.807, 2.05) is 18.2 Å². The van der Waals surface area contributed by atoms with Crippen molar-refractivity contribution >= 4 is 23.4 Å². The van der Waals surface area contributed by atoms with E-state index >= 15 is 0 Å². The van der Waals surface area contributed by atoms with E-state index in [0.717, 1.165) is 36.5 Å². The first kappa shape index (κ1) is 18.6. The molecule has 2 aliphatic rings. The fraction of sp³-hybridized carbons (Fsp3) is 0.261. The molecule has 3 aromatic rings. The Morgan fingerprint density at radius 3 is 2.80 bits per heavy atom. The summed E-state index contributed by atoms with van der Waals surface area (Å²) < 4.78 is 0. The van der Waals surface area contributed by atoms with Crippen molar-refractivity contribution in [2.45, 2.75) is 19.1 Å². The number of aromatic nitrogens is 2. The van der Waals surface area contributed by atoms with Crippen molar-refractivity contribution in [1.82, 2.24) is 14.9 Å². The molecule has 0 bridgehead atoms. The van der Waals surface area contributed by atoms with Crippen molar-refractivity contribution < 1.29 is 4.79 Å². The molecule has 1 N–H and O–H groups in total. The summed E-state index contributed by atoms with van der Waals surface area (Å²) in [5.74, 6) is 1.25. The number of anilines is 3. The lowest BCUT2D eigenvalue weighted by Crippen LogP contribution is -2.56. The maximum Gasteiger partial charge on any atom is 0.330 e. The summed E-state index contributed by atoms with van der Waals surface area (Å²) in [4.78, 5) is 28.4. The lowest BCUT2D eigenvalue weighted by molar-refractivity contribution is 0.252. The van der Waals surface area contributed by atoms with Gasteiger partial charge in [-0.05, 0) is 50.0 Å². The van der Waals surface area contributed by atoms with Crippen LogP contribution in [0.1, 0.15) is 12.0 Å². The molecule has 1 fully saturated rings. The fourth-order valence-electron chi connectivity index (χ4n) is 4.10. The molecule has 2 aliphatic heterocycles. The Labute approximate surface area is 176 Å². The standard InChI is InChI=1S/C23H24N6O/c1-27(2)15-16-6-5-7-17(14-16)18-9-10-19-22(25-18)29(21-11-13-28(19)21)23(30)26-20-8-3-4-12-24-20/h3-10,12,14,21H,11,13,15H2,1-2H3,(H,24,26,30). The highest BCUT2D eigenvalue weighted by Gasteiger charge is 2.46. The molecule has 2 amide bonds. The van der Waals surface area contributed by atoms with E-state index in [1.54, 1.807) is 17.2 Å². The predicted octanol–water partition coefficient (Wildman–Crippen LogP) is 3.79. The van der Waals surface area contributed by atoms with Gasteiger partial charge in [0.15, 0.2) is 5.82 Å². The number of nitrogens with one attached hydrogen (secondary N) is 1. The van der Waals surface area contributed by atoms with Crippen LogP contribution >= 0.6 is 0 Å². The number of carbonyl (C=O) groups excluding carboxylic acids is 1. The summed E-state index contributed by atoms with van der Waals surface area (Å²) in [6.07, 6.45) is 2.62. The quantitative estimate of drug-likeness (QED) is 0.722. The Morgan fingerprint density at radius 2 is 2.07 bits per heavy atom.